The number of nitrogens with zero attached hydrogens (tertiary/aromatic N) is 1. The molecule has 5 nitrogen and oxygen atoms in total. The number of methoxy groups -OCH3 is 1. The van der Waals surface area contributed by atoms with Gasteiger partial charge in [-0.3, -0.25) is 0 Å². The normalized spacial score (nSPS) is 10.4. The van der Waals surface area contributed by atoms with E-state index in [2.05, 4.69) is 4.98 Å². The maximum Gasteiger partial charge on any atom is 0.262 e. The third kappa shape index (κ3) is 3.32. The van der Waals surface area contributed by atoms with Gasteiger partial charge in [-0.15, -0.1) is 0 Å². The molecule has 0 atom stereocenters. The summed E-state index contributed by atoms with van der Waals surface area (Å²) in [5.74, 6) is 2.16. The molecule has 0 fully saturated rings. The lowest BCUT2D eigenvalue weighted by molar-refractivity contribution is 0.231. The molecule has 1 aromatic heterocycles. The third-order valence-corrected chi connectivity index (χ3v) is 2.52. The highest BCUT2D eigenvalue weighted by Crippen LogP contribution is 2.34. The van der Waals surface area contributed by atoms with Gasteiger partial charge in [-0.25, -0.2) is 4.98 Å². The second-order valence-corrected chi connectivity index (χ2v) is 4.48. The molecule has 1 aromatic carbocycles. The summed E-state index contributed by atoms with van der Waals surface area (Å²) in [6.45, 7) is 3.89. The molecule has 0 bridgehead atoms. The summed E-state index contributed by atoms with van der Waals surface area (Å²) in [5, 5.41) is 0. The fourth-order valence-electron chi connectivity index (χ4n) is 1.65. The van der Waals surface area contributed by atoms with Crippen LogP contribution in [0.25, 0.3) is 0 Å². The van der Waals surface area contributed by atoms with E-state index in [0.717, 1.165) is 0 Å². The zero-order chi connectivity index (χ0) is 14.5. The van der Waals surface area contributed by atoms with Crippen molar-refractivity contribution < 1.29 is 14.2 Å². The molecule has 0 aliphatic rings. The molecule has 0 radical (unpaired) electrons. The first-order valence-electron chi connectivity index (χ1n) is 6.33. The van der Waals surface area contributed by atoms with Crippen molar-refractivity contribution in [3.8, 4) is 23.1 Å². The van der Waals surface area contributed by atoms with Gasteiger partial charge in [0, 0.05) is 12.3 Å². The van der Waals surface area contributed by atoms with Gasteiger partial charge in [0.25, 0.3) is 5.88 Å². The summed E-state index contributed by atoms with van der Waals surface area (Å²) in [5.41, 5.74) is 6.40. The van der Waals surface area contributed by atoms with Crippen molar-refractivity contribution in [1.82, 2.24) is 4.98 Å². The molecule has 106 valence electrons. The fourth-order valence-corrected chi connectivity index (χ4v) is 1.65. The average Bonchev–Trinajstić information content (AvgIpc) is 2.42. The summed E-state index contributed by atoms with van der Waals surface area (Å²) in [6.07, 6.45) is 1.68. The van der Waals surface area contributed by atoms with E-state index >= 15 is 0 Å². The first-order chi connectivity index (χ1) is 9.60. The van der Waals surface area contributed by atoms with Crippen molar-refractivity contribution in [2.75, 3.05) is 12.8 Å². The Morgan fingerprint density at radius 3 is 2.60 bits per heavy atom. The van der Waals surface area contributed by atoms with Crippen molar-refractivity contribution in [3.05, 3.63) is 36.5 Å². The number of aromatic nitrogens is 1. The quantitative estimate of drug-likeness (QED) is 0.848. The molecule has 20 heavy (non-hydrogen) atoms. The van der Waals surface area contributed by atoms with Gasteiger partial charge < -0.3 is 19.9 Å². The van der Waals surface area contributed by atoms with Crippen LogP contribution >= 0.6 is 0 Å². The zero-order valence-electron chi connectivity index (χ0n) is 11.8. The number of nitrogens with two attached hydrogens (primary N) is 1. The third-order valence-electron chi connectivity index (χ3n) is 2.52. The molecule has 0 aliphatic heterocycles. The molecule has 0 aliphatic carbocycles. The van der Waals surface area contributed by atoms with Gasteiger partial charge in [0.15, 0.2) is 11.5 Å². The van der Waals surface area contributed by atoms with Crippen molar-refractivity contribution in [2.45, 2.75) is 20.0 Å². The number of hydrogen-bond donors (Lipinski definition) is 1. The molecule has 0 saturated carbocycles. The number of benzene rings is 1. The summed E-state index contributed by atoms with van der Waals surface area (Å²) >= 11 is 0. The number of pyridine rings is 1. The zero-order valence-corrected chi connectivity index (χ0v) is 11.8. The van der Waals surface area contributed by atoms with Crippen molar-refractivity contribution >= 4 is 5.69 Å². The van der Waals surface area contributed by atoms with Crippen LogP contribution in [-0.4, -0.2) is 18.2 Å². The molecule has 1 heterocycles. The molecular weight excluding hydrogens is 256 g/mol. The van der Waals surface area contributed by atoms with E-state index in [0.29, 0.717) is 28.8 Å². The van der Waals surface area contributed by atoms with Gasteiger partial charge in [0.1, 0.15) is 5.75 Å². The molecule has 2 rings (SSSR count). The lowest BCUT2D eigenvalue weighted by Gasteiger charge is -2.14. The number of ether oxygens (including phenoxy) is 3. The Labute approximate surface area is 118 Å². The molecular formula is C15H18N2O3. The Bertz CT molecular complexity index is 585. The molecule has 2 aromatic rings. The van der Waals surface area contributed by atoms with Crippen molar-refractivity contribution in [3.63, 3.8) is 0 Å². The lowest BCUT2D eigenvalue weighted by atomic mass is 10.3. The van der Waals surface area contributed by atoms with Crippen LogP contribution in [-0.2, 0) is 0 Å². The van der Waals surface area contributed by atoms with Crippen LogP contribution in [0.2, 0.25) is 0 Å². The van der Waals surface area contributed by atoms with Gasteiger partial charge in [-0.1, -0.05) is 0 Å². The fraction of sp³-hybridized carbons (Fsp3) is 0.267. The van der Waals surface area contributed by atoms with E-state index in [9.17, 15) is 0 Å². The van der Waals surface area contributed by atoms with Crippen LogP contribution in [0.4, 0.5) is 5.69 Å². The Kier molecular flexibility index (Phi) is 4.30. The van der Waals surface area contributed by atoms with Gasteiger partial charge in [-0.05, 0) is 38.1 Å². The van der Waals surface area contributed by atoms with Crippen LogP contribution in [0.3, 0.4) is 0 Å². The Balaban J connectivity index is 2.26. The molecule has 5 heteroatoms. The predicted octanol–water partition coefficient (Wildman–Crippen LogP) is 3.25. The van der Waals surface area contributed by atoms with E-state index in [4.69, 9.17) is 19.9 Å². The van der Waals surface area contributed by atoms with Crippen LogP contribution in [0.1, 0.15) is 13.8 Å². The highest BCUT2D eigenvalue weighted by atomic mass is 16.5. The minimum absolute atomic E-state index is 0.0368. The van der Waals surface area contributed by atoms with Gasteiger partial charge in [0.2, 0.25) is 0 Å². The minimum atomic E-state index is 0.0368. The topological polar surface area (TPSA) is 66.6 Å². The maximum atomic E-state index is 5.92. The predicted molar refractivity (Wildman–Crippen MR) is 77.5 cm³/mol. The van der Waals surface area contributed by atoms with Crippen LogP contribution in [0.5, 0.6) is 23.1 Å². The second-order valence-electron chi connectivity index (χ2n) is 4.48. The van der Waals surface area contributed by atoms with E-state index < -0.39 is 0 Å². The van der Waals surface area contributed by atoms with Crippen LogP contribution < -0.4 is 19.9 Å². The van der Waals surface area contributed by atoms with Crippen molar-refractivity contribution in [2.24, 2.45) is 0 Å². The van der Waals surface area contributed by atoms with Gasteiger partial charge >= 0.3 is 0 Å². The highest BCUT2D eigenvalue weighted by molar-refractivity contribution is 5.57. The summed E-state index contributed by atoms with van der Waals surface area (Å²) in [7, 11) is 1.59. The Hall–Kier alpha value is -2.43. The van der Waals surface area contributed by atoms with E-state index in [-0.39, 0.29) is 6.10 Å². The van der Waals surface area contributed by atoms with Crippen LogP contribution in [0.15, 0.2) is 36.5 Å². The maximum absolute atomic E-state index is 5.92. The molecule has 0 saturated heterocycles. The molecule has 0 amide bonds. The second kappa shape index (κ2) is 6.14. The summed E-state index contributed by atoms with van der Waals surface area (Å²) in [4.78, 5) is 4.18. The molecule has 0 unspecified atom stereocenters. The van der Waals surface area contributed by atoms with E-state index in [1.54, 1.807) is 37.6 Å². The smallest absolute Gasteiger partial charge is 0.262 e. The van der Waals surface area contributed by atoms with Gasteiger partial charge in [0.05, 0.1) is 18.9 Å². The molecule has 2 N–H and O–H groups in total. The van der Waals surface area contributed by atoms with Gasteiger partial charge in [-0.2, -0.15) is 0 Å². The SMILES string of the molecule is COc1ccc(Oc2ncccc2OC(C)C)c(N)c1. The van der Waals surface area contributed by atoms with Crippen LogP contribution in [0, 0.1) is 0 Å². The van der Waals surface area contributed by atoms with Crippen molar-refractivity contribution in [1.29, 1.82) is 0 Å². The first kappa shape index (κ1) is 14.0. The monoisotopic (exact) mass is 274 g/mol. The number of nitrogen functional groups attached to an aromatic ring is 1. The summed E-state index contributed by atoms with van der Waals surface area (Å²) in [6, 6.07) is 8.81. The van der Waals surface area contributed by atoms with E-state index in [1.165, 1.54) is 0 Å². The number of anilines is 1. The first-order valence-corrected chi connectivity index (χ1v) is 6.33. The largest absolute Gasteiger partial charge is 0.497 e. The standard InChI is InChI=1S/C15H18N2O3/c1-10(2)19-14-5-4-8-17-15(14)20-13-7-6-11(18-3)9-12(13)16/h4-10H,16H2,1-3H3. The summed E-state index contributed by atoms with van der Waals surface area (Å²) < 4.78 is 16.5. The number of hydrogen-bond acceptors (Lipinski definition) is 5. The molecule has 0 spiro atoms. The average molecular weight is 274 g/mol. The Morgan fingerprint density at radius 2 is 1.95 bits per heavy atom. The lowest BCUT2D eigenvalue weighted by Crippen LogP contribution is -2.07. The Morgan fingerprint density at radius 1 is 1.15 bits per heavy atom. The minimum Gasteiger partial charge on any atom is -0.497 e. The number of rotatable bonds is 5. The van der Waals surface area contributed by atoms with E-state index in [1.807, 2.05) is 19.9 Å². The highest BCUT2D eigenvalue weighted by Gasteiger charge is 2.11.